The Hall–Kier alpha value is -0.970. The lowest BCUT2D eigenvalue weighted by molar-refractivity contribution is 0.0202. The summed E-state index contributed by atoms with van der Waals surface area (Å²) in [6.07, 6.45) is 1.11. The average Bonchev–Trinajstić information content (AvgIpc) is 2.15. The molecule has 17 heavy (non-hydrogen) atoms. The molecular formula is C11H19ClN2O3. The molecule has 1 fully saturated rings. The zero-order valence-electron chi connectivity index (χ0n) is 10.5. The second-order valence-corrected chi connectivity index (χ2v) is 5.50. The van der Waals surface area contributed by atoms with Gasteiger partial charge in [-0.2, -0.15) is 0 Å². The van der Waals surface area contributed by atoms with Crippen molar-refractivity contribution in [3.05, 3.63) is 0 Å². The fourth-order valence-electron chi connectivity index (χ4n) is 1.69. The summed E-state index contributed by atoms with van der Waals surface area (Å²) in [5, 5.41) is 2.10. The van der Waals surface area contributed by atoms with Gasteiger partial charge in [-0.05, 0) is 45.2 Å². The van der Waals surface area contributed by atoms with Gasteiger partial charge in [-0.1, -0.05) is 0 Å². The van der Waals surface area contributed by atoms with Crippen molar-refractivity contribution >= 4 is 23.1 Å². The molecule has 0 aliphatic carbocycles. The van der Waals surface area contributed by atoms with Crippen molar-refractivity contribution in [2.75, 3.05) is 13.1 Å². The van der Waals surface area contributed by atoms with Gasteiger partial charge in [0.1, 0.15) is 5.60 Å². The van der Waals surface area contributed by atoms with Crippen LogP contribution in [-0.2, 0) is 4.74 Å². The minimum atomic E-state index is -0.541. The zero-order chi connectivity index (χ0) is 13.1. The topological polar surface area (TPSA) is 58.6 Å². The van der Waals surface area contributed by atoms with Crippen LogP contribution in [0, 0.1) is 0 Å². The predicted octanol–water partition coefficient (Wildman–Crippen LogP) is 2.33. The van der Waals surface area contributed by atoms with E-state index in [2.05, 4.69) is 5.32 Å². The number of carbonyl (C=O) groups is 2. The van der Waals surface area contributed by atoms with Gasteiger partial charge >= 0.3 is 11.5 Å². The highest BCUT2D eigenvalue weighted by molar-refractivity contribution is 6.62. The van der Waals surface area contributed by atoms with Gasteiger partial charge in [-0.3, -0.25) is 4.79 Å². The van der Waals surface area contributed by atoms with E-state index < -0.39 is 11.0 Å². The SMILES string of the molecule is CC(C)(C)OC(=O)N1CCC(NC(=O)Cl)CC1. The molecule has 1 aliphatic heterocycles. The minimum Gasteiger partial charge on any atom is -0.444 e. The highest BCUT2D eigenvalue weighted by Gasteiger charge is 2.27. The maximum atomic E-state index is 11.7. The molecule has 5 nitrogen and oxygen atoms in total. The molecule has 1 rings (SSSR count). The van der Waals surface area contributed by atoms with Gasteiger partial charge in [-0.15, -0.1) is 0 Å². The Bertz CT molecular complexity index is 294. The van der Waals surface area contributed by atoms with Gasteiger partial charge in [0.15, 0.2) is 0 Å². The largest absolute Gasteiger partial charge is 0.444 e. The van der Waals surface area contributed by atoms with Crippen LogP contribution in [0.5, 0.6) is 0 Å². The lowest BCUT2D eigenvalue weighted by Gasteiger charge is -2.33. The van der Waals surface area contributed by atoms with Gasteiger partial charge in [0.2, 0.25) is 0 Å². The van der Waals surface area contributed by atoms with Gasteiger partial charge in [0.05, 0.1) is 0 Å². The second kappa shape index (κ2) is 5.58. The summed E-state index contributed by atoms with van der Waals surface area (Å²) >= 11 is 5.24. The van der Waals surface area contributed by atoms with E-state index in [1.807, 2.05) is 20.8 Å². The lowest BCUT2D eigenvalue weighted by Crippen LogP contribution is -2.47. The van der Waals surface area contributed by atoms with Crippen LogP contribution in [-0.4, -0.2) is 41.1 Å². The number of piperidine rings is 1. The van der Waals surface area contributed by atoms with Crippen LogP contribution < -0.4 is 5.32 Å². The van der Waals surface area contributed by atoms with E-state index in [0.717, 1.165) is 0 Å². The lowest BCUT2D eigenvalue weighted by atomic mass is 10.1. The Labute approximate surface area is 106 Å². The molecule has 6 heteroatoms. The first kappa shape index (κ1) is 14.1. The third kappa shape index (κ3) is 5.26. The highest BCUT2D eigenvalue weighted by Crippen LogP contribution is 2.15. The number of halogens is 1. The number of amides is 2. The smallest absolute Gasteiger partial charge is 0.410 e. The molecule has 0 aromatic heterocycles. The molecule has 1 N–H and O–H groups in total. The van der Waals surface area contributed by atoms with Crippen LogP contribution >= 0.6 is 11.6 Å². The monoisotopic (exact) mass is 262 g/mol. The highest BCUT2D eigenvalue weighted by atomic mass is 35.5. The molecule has 0 saturated carbocycles. The number of nitrogens with zero attached hydrogens (tertiary/aromatic N) is 1. The molecular weight excluding hydrogens is 244 g/mol. The number of nitrogens with one attached hydrogen (secondary N) is 1. The summed E-state index contributed by atoms with van der Waals surface area (Å²) < 4.78 is 5.27. The van der Waals surface area contributed by atoms with Crippen molar-refractivity contribution in [2.24, 2.45) is 0 Å². The Morgan fingerprint density at radius 3 is 2.24 bits per heavy atom. The maximum Gasteiger partial charge on any atom is 0.410 e. The summed E-state index contributed by atoms with van der Waals surface area (Å²) in [4.78, 5) is 24.1. The number of ether oxygens (including phenoxy) is 1. The normalized spacial score (nSPS) is 17.8. The fraction of sp³-hybridized carbons (Fsp3) is 0.818. The van der Waals surface area contributed by atoms with E-state index in [4.69, 9.17) is 16.3 Å². The van der Waals surface area contributed by atoms with Gasteiger partial charge in [0.25, 0.3) is 0 Å². The zero-order valence-corrected chi connectivity index (χ0v) is 11.2. The van der Waals surface area contributed by atoms with Crippen molar-refractivity contribution in [1.29, 1.82) is 0 Å². The Kier molecular flexibility index (Phi) is 4.62. The summed E-state index contributed by atoms with van der Waals surface area (Å²) in [5.41, 5.74) is -0.474. The summed E-state index contributed by atoms with van der Waals surface area (Å²) in [6.45, 7) is 6.68. The second-order valence-electron chi connectivity index (χ2n) is 5.16. The molecule has 1 heterocycles. The van der Waals surface area contributed by atoms with Gasteiger partial charge in [0, 0.05) is 19.1 Å². The first-order valence-corrected chi connectivity index (χ1v) is 6.09. The van der Waals surface area contributed by atoms with Crippen molar-refractivity contribution in [1.82, 2.24) is 10.2 Å². The van der Waals surface area contributed by atoms with Crippen LogP contribution in [0.1, 0.15) is 33.6 Å². The van der Waals surface area contributed by atoms with E-state index in [9.17, 15) is 9.59 Å². The van der Waals surface area contributed by atoms with E-state index >= 15 is 0 Å². The number of rotatable bonds is 1. The van der Waals surface area contributed by atoms with Crippen LogP contribution in [0.3, 0.4) is 0 Å². The third-order valence-corrected chi connectivity index (χ3v) is 2.57. The summed E-state index contributed by atoms with van der Waals surface area (Å²) in [7, 11) is 0. The quantitative estimate of drug-likeness (QED) is 0.583. The first-order chi connectivity index (χ1) is 7.78. The van der Waals surface area contributed by atoms with Gasteiger partial charge in [-0.25, -0.2) is 4.79 Å². The van der Waals surface area contributed by atoms with Crippen molar-refractivity contribution in [3.8, 4) is 0 Å². The van der Waals surface area contributed by atoms with Crippen LogP contribution in [0.15, 0.2) is 0 Å². The Morgan fingerprint density at radius 2 is 1.82 bits per heavy atom. The molecule has 1 aliphatic rings. The maximum absolute atomic E-state index is 11.7. The predicted molar refractivity (Wildman–Crippen MR) is 65.2 cm³/mol. The van der Waals surface area contributed by atoms with Crippen LogP contribution in [0.2, 0.25) is 0 Å². The van der Waals surface area contributed by atoms with Crippen LogP contribution in [0.25, 0.3) is 0 Å². The van der Waals surface area contributed by atoms with Crippen molar-refractivity contribution in [2.45, 2.75) is 45.3 Å². The van der Waals surface area contributed by atoms with Crippen molar-refractivity contribution in [3.63, 3.8) is 0 Å². The number of carbonyl (C=O) groups excluding carboxylic acids is 2. The minimum absolute atomic E-state index is 0.0543. The van der Waals surface area contributed by atoms with Crippen molar-refractivity contribution < 1.29 is 14.3 Å². The average molecular weight is 263 g/mol. The molecule has 0 bridgehead atoms. The summed E-state index contributed by atoms with van der Waals surface area (Å²) in [5.74, 6) is 0. The molecule has 0 aromatic carbocycles. The fourth-order valence-corrected chi connectivity index (χ4v) is 1.85. The van der Waals surface area contributed by atoms with E-state index in [0.29, 0.717) is 25.9 Å². The Balaban J connectivity index is 2.36. The third-order valence-electron chi connectivity index (χ3n) is 2.46. The van der Waals surface area contributed by atoms with E-state index in [1.165, 1.54) is 0 Å². The molecule has 98 valence electrons. The van der Waals surface area contributed by atoms with Crippen LogP contribution in [0.4, 0.5) is 9.59 Å². The summed E-state index contributed by atoms with van der Waals surface area (Å²) in [6, 6.07) is 0.0543. The molecule has 0 radical (unpaired) electrons. The van der Waals surface area contributed by atoms with E-state index in [-0.39, 0.29) is 12.1 Å². The standard InChI is InChI=1S/C11H19ClN2O3/c1-11(2,3)17-10(16)14-6-4-8(5-7-14)13-9(12)15/h8H,4-7H2,1-3H3,(H,13,15). The number of hydrogen-bond donors (Lipinski definition) is 1. The molecule has 1 saturated heterocycles. The van der Waals surface area contributed by atoms with E-state index in [1.54, 1.807) is 4.90 Å². The number of hydrogen-bond acceptors (Lipinski definition) is 3. The molecule has 0 spiro atoms. The number of likely N-dealkylation sites (tertiary alicyclic amines) is 1. The molecule has 0 atom stereocenters. The molecule has 0 aromatic rings. The van der Waals surface area contributed by atoms with Gasteiger partial charge < -0.3 is 15.0 Å². The molecule has 2 amide bonds. The molecule has 0 unspecified atom stereocenters. The Morgan fingerprint density at radius 1 is 1.29 bits per heavy atom. The first-order valence-electron chi connectivity index (χ1n) is 5.72.